The molecule has 1 aliphatic carbocycles. The van der Waals surface area contributed by atoms with Gasteiger partial charge in [0.25, 0.3) is 5.91 Å². The van der Waals surface area contributed by atoms with Crippen molar-refractivity contribution in [3.05, 3.63) is 29.8 Å². The molecular formula is C19H25N3O3. The van der Waals surface area contributed by atoms with E-state index in [4.69, 9.17) is 0 Å². The van der Waals surface area contributed by atoms with Crippen molar-refractivity contribution in [2.75, 3.05) is 11.9 Å². The van der Waals surface area contributed by atoms with Gasteiger partial charge in [-0.05, 0) is 49.7 Å². The summed E-state index contributed by atoms with van der Waals surface area (Å²) in [6, 6.07) is 7.15. The average molecular weight is 343 g/mol. The first kappa shape index (κ1) is 17.5. The molecule has 1 aromatic carbocycles. The number of rotatable bonds is 6. The summed E-state index contributed by atoms with van der Waals surface area (Å²) < 4.78 is 0. The summed E-state index contributed by atoms with van der Waals surface area (Å²) in [5.74, 6) is -0.167. The molecule has 0 spiro atoms. The van der Waals surface area contributed by atoms with E-state index in [1.807, 2.05) is 24.3 Å². The highest BCUT2D eigenvalue weighted by Crippen LogP contribution is 2.42. The molecule has 6 heteroatoms. The number of urea groups is 1. The molecule has 0 bridgehead atoms. The lowest BCUT2D eigenvalue weighted by molar-refractivity contribution is -0.134. The number of carbonyl (C=O) groups excluding carboxylic acids is 3. The first-order valence-electron chi connectivity index (χ1n) is 8.89. The second-order valence-corrected chi connectivity index (χ2v) is 7.24. The molecule has 2 aliphatic rings. The van der Waals surface area contributed by atoms with Gasteiger partial charge in [0.15, 0.2) is 0 Å². The number of nitrogens with one attached hydrogen (secondary N) is 2. The first-order chi connectivity index (χ1) is 11.9. The Labute approximate surface area is 148 Å². The molecule has 2 fully saturated rings. The van der Waals surface area contributed by atoms with Crippen LogP contribution in [0.4, 0.5) is 10.5 Å². The number of hydrogen-bond acceptors (Lipinski definition) is 3. The molecular weight excluding hydrogens is 318 g/mol. The van der Waals surface area contributed by atoms with Gasteiger partial charge in [-0.15, -0.1) is 0 Å². The van der Waals surface area contributed by atoms with E-state index < -0.39 is 11.6 Å². The molecule has 134 valence electrons. The summed E-state index contributed by atoms with van der Waals surface area (Å²) in [6.07, 6.45) is 2.83. The van der Waals surface area contributed by atoms with Crippen LogP contribution in [0.2, 0.25) is 0 Å². The Kier molecular flexibility index (Phi) is 4.54. The van der Waals surface area contributed by atoms with Crippen LogP contribution < -0.4 is 10.6 Å². The van der Waals surface area contributed by atoms with Gasteiger partial charge >= 0.3 is 6.03 Å². The fourth-order valence-corrected chi connectivity index (χ4v) is 3.39. The molecule has 2 atom stereocenters. The Bertz CT molecular complexity index is 714. The summed E-state index contributed by atoms with van der Waals surface area (Å²) in [7, 11) is 0. The third-order valence-electron chi connectivity index (χ3n) is 5.37. The zero-order chi connectivity index (χ0) is 18.2. The normalized spacial score (nSPS) is 24.2. The van der Waals surface area contributed by atoms with Gasteiger partial charge in [0, 0.05) is 5.69 Å². The number of carbonyl (C=O) groups is 3. The molecule has 1 saturated heterocycles. The molecule has 4 amide bonds. The van der Waals surface area contributed by atoms with E-state index in [1.54, 1.807) is 6.92 Å². The van der Waals surface area contributed by atoms with Gasteiger partial charge in [0.1, 0.15) is 12.1 Å². The van der Waals surface area contributed by atoms with Crippen molar-refractivity contribution in [2.24, 2.45) is 5.92 Å². The van der Waals surface area contributed by atoms with E-state index in [0.717, 1.165) is 35.4 Å². The van der Waals surface area contributed by atoms with Crippen molar-refractivity contribution >= 4 is 23.5 Å². The minimum Gasteiger partial charge on any atom is -0.324 e. The maximum atomic E-state index is 12.6. The van der Waals surface area contributed by atoms with Crippen LogP contribution in [-0.4, -0.2) is 34.8 Å². The Hall–Kier alpha value is -2.37. The molecule has 0 aromatic heterocycles. The Morgan fingerprint density at radius 3 is 2.68 bits per heavy atom. The van der Waals surface area contributed by atoms with Crippen LogP contribution in [0, 0.1) is 5.92 Å². The molecule has 1 heterocycles. The number of benzene rings is 1. The van der Waals surface area contributed by atoms with Crippen LogP contribution in [0.5, 0.6) is 0 Å². The van der Waals surface area contributed by atoms with Crippen molar-refractivity contribution in [1.82, 2.24) is 10.2 Å². The lowest BCUT2D eigenvalue weighted by atomic mass is 9.96. The van der Waals surface area contributed by atoms with E-state index in [2.05, 4.69) is 24.5 Å². The summed E-state index contributed by atoms with van der Waals surface area (Å²) in [5.41, 5.74) is 0.934. The topological polar surface area (TPSA) is 78.5 Å². The lowest BCUT2D eigenvalue weighted by Crippen LogP contribution is -2.46. The van der Waals surface area contributed by atoms with Crippen LogP contribution in [0.25, 0.3) is 0 Å². The zero-order valence-corrected chi connectivity index (χ0v) is 15.0. The highest BCUT2D eigenvalue weighted by molar-refractivity contribution is 6.10. The van der Waals surface area contributed by atoms with Crippen molar-refractivity contribution in [3.63, 3.8) is 0 Å². The average Bonchev–Trinajstić information content (AvgIpc) is 3.41. The first-order valence-corrected chi connectivity index (χ1v) is 8.89. The zero-order valence-electron chi connectivity index (χ0n) is 15.0. The SMILES string of the molecule is CCC(C)c1ccccc1NC(=O)CN1C(=O)NC(C)(C2CC2)C1=O. The second-order valence-electron chi connectivity index (χ2n) is 7.24. The van der Waals surface area contributed by atoms with E-state index in [0.29, 0.717) is 5.92 Å². The predicted molar refractivity (Wildman–Crippen MR) is 95.2 cm³/mol. The van der Waals surface area contributed by atoms with Crippen LogP contribution in [0.1, 0.15) is 51.5 Å². The third-order valence-corrected chi connectivity index (χ3v) is 5.37. The summed E-state index contributed by atoms with van der Waals surface area (Å²) in [5, 5.41) is 5.61. The van der Waals surface area contributed by atoms with Gasteiger partial charge in [-0.1, -0.05) is 32.0 Å². The molecule has 25 heavy (non-hydrogen) atoms. The smallest absolute Gasteiger partial charge is 0.324 e. The maximum absolute atomic E-state index is 12.6. The van der Waals surface area contributed by atoms with Gasteiger partial charge < -0.3 is 10.6 Å². The predicted octanol–water partition coefficient (Wildman–Crippen LogP) is 2.86. The van der Waals surface area contributed by atoms with Crippen LogP contribution >= 0.6 is 0 Å². The van der Waals surface area contributed by atoms with Crippen molar-refractivity contribution in [1.29, 1.82) is 0 Å². The van der Waals surface area contributed by atoms with Gasteiger partial charge in [-0.3, -0.25) is 14.5 Å². The number of nitrogens with zero attached hydrogens (tertiary/aromatic N) is 1. The van der Waals surface area contributed by atoms with E-state index >= 15 is 0 Å². The second kappa shape index (κ2) is 6.50. The van der Waals surface area contributed by atoms with Gasteiger partial charge in [-0.25, -0.2) is 4.79 Å². The van der Waals surface area contributed by atoms with E-state index in [1.165, 1.54) is 0 Å². The monoisotopic (exact) mass is 343 g/mol. The number of anilines is 1. The fraction of sp³-hybridized carbons (Fsp3) is 0.526. The highest BCUT2D eigenvalue weighted by atomic mass is 16.2. The quantitative estimate of drug-likeness (QED) is 0.780. The molecule has 1 aliphatic heterocycles. The molecule has 3 rings (SSSR count). The molecule has 1 aromatic rings. The number of imide groups is 1. The fourth-order valence-electron chi connectivity index (χ4n) is 3.39. The number of amides is 4. The molecule has 2 N–H and O–H groups in total. The number of para-hydroxylation sites is 1. The Morgan fingerprint density at radius 2 is 2.04 bits per heavy atom. The Morgan fingerprint density at radius 1 is 1.36 bits per heavy atom. The molecule has 1 saturated carbocycles. The van der Waals surface area contributed by atoms with Crippen LogP contribution in [0.15, 0.2) is 24.3 Å². The maximum Gasteiger partial charge on any atom is 0.325 e. The third kappa shape index (κ3) is 3.25. The summed E-state index contributed by atoms with van der Waals surface area (Å²) in [4.78, 5) is 38.2. The van der Waals surface area contributed by atoms with Crippen LogP contribution in [-0.2, 0) is 9.59 Å². The standard InChI is InChI=1S/C19H25N3O3/c1-4-12(2)14-7-5-6-8-15(14)20-16(23)11-22-17(24)19(3,13-9-10-13)21-18(22)25/h5-8,12-13H,4,9-11H2,1-3H3,(H,20,23)(H,21,25). The Balaban J connectivity index is 1.69. The number of hydrogen-bond donors (Lipinski definition) is 2. The van der Waals surface area contributed by atoms with Gasteiger partial charge in [-0.2, -0.15) is 0 Å². The largest absolute Gasteiger partial charge is 0.325 e. The minimum atomic E-state index is -0.855. The van der Waals surface area contributed by atoms with Crippen LogP contribution in [0.3, 0.4) is 0 Å². The minimum absolute atomic E-state index is 0.183. The molecule has 6 nitrogen and oxygen atoms in total. The van der Waals surface area contributed by atoms with Gasteiger partial charge in [0.2, 0.25) is 5.91 Å². The molecule has 0 radical (unpaired) electrons. The highest BCUT2D eigenvalue weighted by Gasteiger charge is 2.56. The van der Waals surface area contributed by atoms with E-state index in [-0.39, 0.29) is 24.3 Å². The van der Waals surface area contributed by atoms with E-state index in [9.17, 15) is 14.4 Å². The van der Waals surface area contributed by atoms with Crippen molar-refractivity contribution < 1.29 is 14.4 Å². The summed E-state index contributed by atoms with van der Waals surface area (Å²) >= 11 is 0. The van der Waals surface area contributed by atoms with Crippen molar-refractivity contribution in [2.45, 2.75) is 51.5 Å². The van der Waals surface area contributed by atoms with Gasteiger partial charge in [0.05, 0.1) is 0 Å². The molecule has 2 unspecified atom stereocenters. The van der Waals surface area contributed by atoms with Crippen molar-refractivity contribution in [3.8, 4) is 0 Å². The lowest BCUT2D eigenvalue weighted by Gasteiger charge is -2.21. The summed E-state index contributed by atoms with van der Waals surface area (Å²) in [6.45, 7) is 5.68.